The molecule has 1 aromatic rings. The molecule has 1 amide bonds. The molecule has 1 unspecified atom stereocenters. The number of amides is 1. The van der Waals surface area contributed by atoms with Crippen molar-refractivity contribution in [1.29, 1.82) is 0 Å². The average Bonchev–Trinajstić information content (AvgIpc) is 2.51. The molecular formula is C18H30ClN3O3S. The van der Waals surface area contributed by atoms with Crippen molar-refractivity contribution in [2.24, 2.45) is 11.1 Å². The monoisotopic (exact) mass is 403 g/mol. The summed E-state index contributed by atoms with van der Waals surface area (Å²) in [6.45, 7) is 8.86. The fourth-order valence-electron chi connectivity index (χ4n) is 3.14. The molecule has 1 heterocycles. The van der Waals surface area contributed by atoms with Crippen LogP contribution >= 0.6 is 12.4 Å². The number of piperidine rings is 1. The lowest BCUT2D eigenvalue weighted by Gasteiger charge is -2.42. The molecule has 0 aromatic heterocycles. The van der Waals surface area contributed by atoms with Gasteiger partial charge in [-0.25, -0.2) is 12.7 Å². The molecule has 1 aromatic carbocycles. The number of hydrogen-bond acceptors (Lipinski definition) is 4. The van der Waals surface area contributed by atoms with E-state index in [1.54, 1.807) is 17.9 Å². The molecule has 8 heteroatoms. The van der Waals surface area contributed by atoms with Gasteiger partial charge in [-0.2, -0.15) is 0 Å². The zero-order chi connectivity index (χ0) is 19.2. The summed E-state index contributed by atoms with van der Waals surface area (Å²) in [5.74, 6) is -0.140. The van der Waals surface area contributed by atoms with E-state index in [2.05, 4.69) is 13.8 Å². The average molecular weight is 404 g/mol. The predicted molar refractivity (Wildman–Crippen MR) is 106 cm³/mol. The summed E-state index contributed by atoms with van der Waals surface area (Å²) in [6.07, 6.45) is 0.742. The highest BCUT2D eigenvalue weighted by atomic mass is 35.5. The Morgan fingerprint density at radius 3 is 2.35 bits per heavy atom. The highest BCUT2D eigenvalue weighted by molar-refractivity contribution is 7.89. The van der Waals surface area contributed by atoms with Crippen LogP contribution in [0.1, 0.15) is 41.8 Å². The van der Waals surface area contributed by atoms with Gasteiger partial charge in [-0.1, -0.05) is 13.8 Å². The van der Waals surface area contributed by atoms with Gasteiger partial charge in [0.2, 0.25) is 10.0 Å². The number of nitrogens with zero attached hydrogens (tertiary/aromatic N) is 2. The van der Waals surface area contributed by atoms with Gasteiger partial charge in [0.25, 0.3) is 5.91 Å². The van der Waals surface area contributed by atoms with E-state index < -0.39 is 10.0 Å². The highest BCUT2D eigenvalue weighted by Gasteiger charge is 2.36. The molecule has 0 aliphatic carbocycles. The molecule has 0 radical (unpaired) electrons. The molecule has 148 valence electrons. The quantitative estimate of drug-likeness (QED) is 0.838. The second-order valence-corrected chi connectivity index (χ2v) is 9.93. The van der Waals surface area contributed by atoms with E-state index in [4.69, 9.17) is 5.73 Å². The van der Waals surface area contributed by atoms with Crippen LogP contribution in [0.2, 0.25) is 0 Å². The van der Waals surface area contributed by atoms with Crippen molar-refractivity contribution in [3.8, 4) is 0 Å². The van der Waals surface area contributed by atoms with Crippen molar-refractivity contribution < 1.29 is 13.2 Å². The number of aryl methyl sites for hydroxylation is 1. The number of sulfonamides is 1. The van der Waals surface area contributed by atoms with E-state index in [-0.39, 0.29) is 34.7 Å². The van der Waals surface area contributed by atoms with Crippen molar-refractivity contribution in [3.63, 3.8) is 0 Å². The minimum Gasteiger partial charge on any atom is -0.338 e. The van der Waals surface area contributed by atoms with Crippen LogP contribution in [0.5, 0.6) is 0 Å². The Labute approximate surface area is 163 Å². The van der Waals surface area contributed by atoms with Crippen LogP contribution in [-0.4, -0.2) is 56.8 Å². The smallest absolute Gasteiger partial charge is 0.253 e. The normalized spacial score (nSPS) is 20.0. The third-order valence-corrected chi connectivity index (χ3v) is 7.17. The number of benzene rings is 1. The first-order chi connectivity index (χ1) is 11.4. The maximum atomic E-state index is 13.0. The van der Waals surface area contributed by atoms with Crippen LogP contribution in [0.15, 0.2) is 17.0 Å². The van der Waals surface area contributed by atoms with Gasteiger partial charge >= 0.3 is 0 Å². The van der Waals surface area contributed by atoms with E-state index >= 15 is 0 Å². The fourth-order valence-corrected chi connectivity index (χ4v) is 4.36. The molecule has 2 N–H and O–H groups in total. The molecule has 2 rings (SSSR count). The Hall–Kier alpha value is -1.15. The summed E-state index contributed by atoms with van der Waals surface area (Å²) in [4.78, 5) is 14.9. The van der Waals surface area contributed by atoms with Gasteiger partial charge in [0.15, 0.2) is 0 Å². The molecule has 0 saturated carbocycles. The van der Waals surface area contributed by atoms with Crippen molar-refractivity contribution >= 4 is 28.3 Å². The first-order valence-corrected chi connectivity index (χ1v) is 9.90. The van der Waals surface area contributed by atoms with Crippen molar-refractivity contribution in [1.82, 2.24) is 9.21 Å². The Morgan fingerprint density at radius 2 is 1.85 bits per heavy atom. The zero-order valence-electron chi connectivity index (χ0n) is 16.4. The van der Waals surface area contributed by atoms with Crippen LogP contribution in [0.25, 0.3) is 0 Å². The van der Waals surface area contributed by atoms with Crippen LogP contribution in [0.4, 0.5) is 0 Å². The van der Waals surface area contributed by atoms with Gasteiger partial charge in [0.1, 0.15) is 0 Å². The Balaban J connectivity index is 0.00000338. The highest BCUT2D eigenvalue weighted by Crippen LogP contribution is 2.30. The first kappa shape index (κ1) is 22.9. The molecule has 6 nitrogen and oxygen atoms in total. The third-order valence-electron chi connectivity index (χ3n) is 5.22. The first-order valence-electron chi connectivity index (χ1n) is 8.46. The van der Waals surface area contributed by atoms with Crippen LogP contribution in [-0.2, 0) is 10.0 Å². The van der Waals surface area contributed by atoms with Gasteiger partial charge in [0, 0.05) is 38.8 Å². The number of nitrogens with two attached hydrogens (primary N) is 1. The maximum Gasteiger partial charge on any atom is 0.253 e. The summed E-state index contributed by atoms with van der Waals surface area (Å²) >= 11 is 0. The number of carbonyl (C=O) groups excluding carboxylic acids is 1. The predicted octanol–water partition coefficient (Wildman–Crippen LogP) is 2.17. The summed E-state index contributed by atoms with van der Waals surface area (Å²) < 4.78 is 26.3. The minimum absolute atomic E-state index is 0. The van der Waals surface area contributed by atoms with Crippen molar-refractivity contribution in [2.75, 3.05) is 27.2 Å². The van der Waals surface area contributed by atoms with Crippen LogP contribution in [0.3, 0.4) is 0 Å². The molecule has 0 bridgehead atoms. The maximum absolute atomic E-state index is 13.0. The number of rotatable bonds is 3. The molecule has 1 saturated heterocycles. The van der Waals surface area contributed by atoms with E-state index in [0.717, 1.165) is 12.0 Å². The number of halogens is 1. The molecular weight excluding hydrogens is 374 g/mol. The van der Waals surface area contributed by atoms with E-state index in [1.165, 1.54) is 24.5 Å². The Bertz CT molecular complexity index is 791. The fraction of sp³-hybridized carbons (Fsp3) is 0.611. The van der Waals surface area contributed by atoms with Crippen molar-refractivity contribution in [2.45, 2.75) is 45.1 Å². The third kappa shape index (κ3) is 4.22. The number of likely N-dealkylation sites (tertiary alicyclic amines) is 1. The lowest BCUT2D eigenvalue weighted by atomic mass is 9.79. The molecule has 1 aliphatic heterocycles. The summed E-state index contributed by atoms with van der Waals surface area (Å²) in [5.41, 5.74) is 7.86. The Morgan fingerprint density at radius 1 is 1.27 bits per heavy atom. The molecule has 1 atom stereocenters. The van der Waals surface area contributed by atoms with E-state index in [1.807, 2.05) is 6.92 Å². The van der Waals surface area contributed by atoms with Crippen LogP contribution in [0, 0.1) is 19.3 Å². The number of hydrogen-bond donors (Lipinski definition) is 1. The molecule has 1 aliphatic rings. The summed E-state index contributed by atoms with van der Waals surface area (Å²) in [7, 11) is -0.619. The van der Waals surface area contributed by atoms with Gasteiger partial charge in [-0.15, -0.1) is 12.4 Å². The van der Waals surface area contributed by atoms with Gasteiger partial charge in [-0.05, 0) is 48.9 Å². The minimum atomic E-state index is -3.61. The van der Waals surface area contributed by atoms with E-state index in [0.29, 0.717) is 24.2 Å². The van der Waals surface area contributed by atoms with E-state index in [9.17, 15) is 13.2 Å². The SMILES string of the molecule is Cc1cc(C(=O)N2CCC(N)C(C)(C)C2)cc(S(=O)(=O)N(C)C)c1C.Cl. The van der Waals surface area contributed by atoms with Gasteiger partial charge < -0.3 is 10.6 Å². The van der Waals surface area contributed by atoms with Crippen LogP contribution < -0.4 is 5.73 Å². The topological polar surface area (TPSA) is 83.7 Å². The zero-order valence-corrected chi connectivity index (χ0v) is 18.0. The Kier molecular flexibility index (Phi) is 6.90. The second kappa shape index (κ2) is 7.84. The lowest BCUT2D eigenvalue weighted by Crippen LogP contribution is -2.54. The number of carbonyl (C=O) groups is 1. The summed E-state index contributed by atoms with van der Waals surface area (Å²) in [5, 5.41) is 0. The van der Waals surface area contributed by atoms with Gasteiger partial charge in [-0.3, -0.25) is 4.79 Å². The largest absolute Gasteiger partial charge is 0.338 e. The lowest BCUT2D eigenvalue weighted by molar-refractivity contribution is 0.0532. The van der Waals surface area contributed by atoms with Gasteiger partial charge in [0.05, 0.1) is 4.90 Å². The summed E-state index contributed by atoms with van der Waals surface area (Å²) in [6, 6.07) is 3.33. The second-order valence-electron chi connectivity index (χ2n) is 7.81. The molecule has 1 fully saturated rings. The molecule has 26 heavy (non-hydrogen) atoms. The van der Waals surface area contributed by atoms with Crippen molar-refractivity contribution in [3.05, 3.63) is 28.8 Å². The standard InChI is InChI=1S/C18H29N3O3S.ClH/c1-12-9-14(10-15(13(12)2)25(23,24)20(5)6)17(22)21-8-7-16(19)18(3,4)11-21;/h9-10,16H,7-8,11,19H2,1-6H3;1H. The molecule has 0 spiro atoms.